The summed E-state index contributed by atoms with van der Waals surface area (Å²) < 4.78 is 0. The van der Waals surface area contributed by atoms with Crippen molar-refractivity contribution < 1.29 is 0 Å². The van der Waals surface area contributed by atoms with Gasteiger partial charge in [-0.3, -0.25) is 0 Å². The number of rotatable bonds is 3. The minimum atomic E-state index is 0.404. The molecule has 1 heteroatoms. The van der Waals surface area contributed by atoms with E-state index >= 15 is 0 Å². The zero-order valence-corrected chi connectivity index (χ0v) is 12.0. The highest BCUT2D eigenvalue weighted by Gasteiger charge is 2.22. The van der Waals surface area contributed by atoms with Crippen LogP contribution in [0, 0.1) is 12.8 Å². The van der Waals surface area contributed by atoms with Crippen LogP contribution in [0.5, 0.6) is 0 Å². The lowest BCUT2D eigenvalue weighted by Gasteiger charge is -2.27. The van der Waals surface area contributed by atoms with Crippen LogP contribution in [-0.4, -0.2) is 0 Å². The standard InChI is InChI=1S/C18H23N/c1-12-5-8-16(9-6-12)14(3)18-11-17(15(4)19)10-7-13(18)2/h5-6,8-9,17H,3-4,7,10-11,19H2,1-2H3. The van der Waals surface area contributed by atoms with Crippen molar-refractivity contribution in [2.45, 2.75) is 33.1 Å². The first-order chi connectivity index (χ1) is 8.99. The van der Waals surface area contributed by atoms with Crippen LogP contribution in [0.15, 0.2) is 54.3 Å². The van der Waals surface area contributed by atoms with Crippen LogP contribution in [-0.2, 0) is 0 Å². The Morgan fingerprint density at radius 3 is 2.37 bits per heavy atom. The molecule has 1 atom stereocenters. The molecular formula is C18H23N. The number of hydrogen-bond donors (Lipinski definition) is 1. The maximum absolute atomic E-state index is 5.89. The lowest BCUT2D eigenvalue weighted by atomic mass is 9.79. The quantitative estimate of drug-likeness (QED) is 0.837. The minimum absolute atomic E-state index is 0.404. The second-order valence-electron chi connectivity index (χ2n) is 5.62. The van der Waals surface area contributed by atoms with Crippen molar-refractivity contribution in [1.29, 1.82) is 0 Å². The average Bonchev–Trinajstić information content (AvgIpc) is 2.39. The van der Waals surface area contributed by atoms with Crippen molar-refractivity contribution in [2.75, 3.05) is 0 Å². The molecule has 1 aliphatic rings. The van der Waals surface area contributed by atoms with Gasteiger partial charge in [0.2, 0.25) is 0 Å². The number of nitrogens with two attached hydrogens (primary N) is 1. The first-order valence-electron chi connectivity index (χ1n) is 6.88. The molecule has 100 valence electrons. The Balaban J connectivity index is 2.26. The third-order valence-electron chi connectivity index (χ3n) is 4.12. The van der Waals surface area contributed by atoms with Gasteiger partial charge in [0.25, 0.3) is 0 Å². The van der Waals surface area contributed by atoms with Crippen molar-refractivity contribution in [3.8, 4) is 0 Å². The van der Waals surface area contributed by atoms with Crippen molar-refractivity contribution >= 4 is 5.57 Å². The molecule has 19 heavy (non-hydrogen) atoms. The molecule has 0 aromatic heterocycles. The molecule has 0 heterocycles. The van der Waals surface area contributed by atoms with E-state index in [1.165, 1.54) is 22.3 Å². The van der Waals surface area contributed by atoms with Gasteiger partial charge in [0.15, 0.2) is 0 Å². The Hall–Kier alpha value is -1.76. The summed E-state index contributed by atoms with van der Waals surface area (Å²) in [6.07, 6.45) is 3.20. The number of benzene rings is 1. The van der Waals surface area contributed by atoms with Crippen LogP contribution in [0.25, 0.3) is 5.57 Å². The second-order valence-corrected chi connectivity index (χ2v) is 5.62. The first kappa shape index (κ1) is 13.7. The number of aryl methyl sites for hydroxylation is 1. The van der Waals surface area contributed by atoms with Crippen molar-refractivity contribution in [2.24, 2.45) is 11.7 Å². The van der Waals surface area contributed by atoms with Gasteiger partial charge in [-0.15, -0.1) is 0 Å². The highest BCUT2D eigenvalue weighted by Crippen LogP contribution is 2.38. The lowest BCUT2D eigenvalue weighted by Crippen LogP contribution is -2.16. The Morgan fingerprint density at radius 2 is 1.79 bits per heavy atom. The molecule has 1 nitrogen and oxygen atoms in total. The van der Waals surface area contributed by atoms with Crippen LogP contribution >= 0.6 is 0 Å². The molecule has 0 amide bonds. The summed E-state index contributed by atoms with van der Waals surface area (Å²) in [4.78, 5) is 0. The fraction of sp³-hybridized carbons (Fsp3) is 0.333. The van der Waals surface area contributed by atoms with E-state index in [1.54, 1.807) is 0 Å². The monoisotopic (exact) mass is 253 g/mol. The molecule has 2 rings (SSSR count). The summed E-state index contributed by atoms with van der Waals surface area (Å²) in [5, 5.41) is 0. The molecule has 1 aliphatic carbocycles. The SMILES string of the molecule is C=C(C1=C(C)CCC(C(=C)N)C1)c1ccc(C)cc1. The van der Waals surface area contributed by atoms with E-state index in [-0.39, 0.29) is 0 Å². The van der Waals surface area contributed by atoms with E-state index in [0.29, 0.717) is 5.92 Å². The summed E-state index contributed by atoms with van der Waals surface area (Å²) in [5.41, 5.74) is 13.1. The first-order valence-corrected chi connectivity index (χ1v) is 6.88. The number of allylic oxidation sites excluding steroid dienone is 4. The topological polar surface area (TPSA) is 26.0 Å². The second kappa shape index (κ2) is 5.48. The summed E-state index contributed by atoms with van der Waals surface area (Å²) in [6, 6.07) is 8.58. The van der Waals surface area contributed by atoms with Gasteiger partial charge in [-0.25, -0.2) is 0 Å². The molecule has 0 saturated carbocycles. The van der Waals surface area contributed by atoms with E-state index in [9.17, 15) is 0 Å². The van der Waals surface area contributed by atoms with Crippen molar-refractivity contribution in [3.05, 3.63) is 65.4 Å². The van der Waals surface area contributed by atoms with Crippen LogP contribution in [0.4, 0.5) is 0 Å². The van der Waals surface area contributed by atoms with Crippen LogP contribution in [0.1, 0.15) is 37.3 Å². The zero-order valence-electron chi connectivity index (χ0n) is 12.0. The van der Waals surface area contributed by atoms with Gasteiger partial charge in [-0.05, 0) is 49.8 Å². The van der Waals surface area contributed by atoms with E-state index in [0.717, 1.165) is 30.5 Å². The molecule has 1 unspecified atom stereocenters. The summed E-state index contributed by atoms with van der Waals surface area (Å²) in [7, 11) is 0. The van der Waals surface area contributed by atoms with E-state index in [2.05, 4.69) is 51.3 Å². The van der Waals surface area contributed by atoms with Gasteiger partial charge in [-0.2, -0.15) is 0 Å². The van der Waals surface area contributed by atoms with Gasteiger partial charge in [0.1, 0.15) is 0 Å². The normalized spacial score (nSPS) is 19.4. The van der Waals surface area contributed by atoms with E-state index in [1.807, 2.05) is 0 Å². The Morgan fingerprint density at radius 1 is 1.16 bits per heavy atom. The third kappa shape index (κ3) is 2.98. The molecule has 2 N–H and O–H groups in total. The number of hydrogen-bond acceptors (Lipinski definition) is 1. The summed E-state index contributed by atoms with van der Waals surface area (Å²) >= 11 is 0. The highest BCUT2D eigenvalue weighted by atomic mass is 14.6. The predicted octanol–water partition coefficient (Wildman–Crippen LogP) is 4.60. The molecule has 0 fully saturated rings. The Labute approximate surface area is 116 Å². The van der Waals surface area contributed by atoms with Crippen molar-refractivity contribution in [1.82, 2.24) is 0 Å². The highest BCUT2D eigenvalue weighted by molar-refractivity contribution is 5.78. The zero-order chi connectivity index (χ0) is 14.0. The van der Waals surface area contributed by atoms with E-state index in [4.69, 9.17) is 5.73 Å². The van der Waals surface area contributed by atoms with Gasteiger partial charge >= 0.3 is 0 Å². The maximum Gasteiger partial charge on any atom is 0.00424 e. The largest absolute Gasteiger partial charge is 0.402 e. The van der Waals surface area contributed by atoms with Crippen LogP contribution in [0.2, 0.25) is 0 Å². The van der Waals surface area contributed by atoms with Gasteiger partial charge in [-0.1, -0.05) is 48.6 Å². The molecule has 1 aromatic rings. The molecular weight excluding hydrogens is 230 g/mol. The molecule has 0 bridgehead atoms. The summed E-state index contributed by atoms with van der Waals surface area (Å²) in [6.45, 7) is 12.5. The van der Waals surface area contributed by atoms with Gasteiger partial charge < -0.3 is 5.73 Å². The van der Waals surface area contributed by atoms with Crippen LogP contribution < -0.4 is 5.73 Å². The smallest absolute Gasteiger partial charge is 0.00424 e. The third-order valence-corrected chi connectivity index (χ3v) is 4.12. The minimum Gasteiger partial charge on any atom is -0.402 e. The lowest BCUT2D eigenvalue weighted by molar-refractivity contribution is 0.525. The van der Waals surface area contributed by atoms with E-state index < -0.39 is 0 Å². The molecule has 0 radical (unpaired) electrons. The molecule has 1 aromatic carbocycles. The summed E-state index contributed by atoms with van der Waals surface area (Å²) in [5.74, 6) is 0.404. The molecule has 0 saturated heterocycles. The van der Waals surface area contributed by atoms with Crippen LogP contribution in [0.3, 0.4) is 0 Å². The fourth-order valence-electron chi connectivity index (χ4n) is 2.69. The Bertz CT molecular complexity index is 531. The predicted molar refractivity (Wildman–Crippen MR) is 83.6 cm³/mol. The maximum atomic E-state index is 5.89. The molecule has 0 spiro atoms. The average molecular weight is 253 g/mol. The molecule has 0 aliphatic heterocycles. The van der Waals surface area contributed by atoms with Crippen molar-refractivity contribution in [3.63, 3.8) is 0 Å². The Kier molecular flexibility index (Phi) is 3.94. The van der Waals surface area contributed by atoms with Gasteiger partial charge in [0, 0.05) is 11.6 Å². The fourth-order valence-corrected chi connectivity index (χ4v) is 2.69. The van der Waals surface area contributed by atoms with Gasteiger partial charge in [0.05, 0.1) is 0 Å².